The molecule has 0 bridgehead atoms. The Morgan fingerprint density at radius 3 is 2.45 bits per heavy atom. The molecule has 0 atom stereocenters. The van der Waals surface area contributed by atoms with Crippen molar-refractivity contribution in [2.24, 2.45) is 0 Å². The number of hydrogen-bond donors (Lipinski definition) is 0. The van der Waals surface area contributed by atoms with Gasteiger partial charge in [-0.2, -0.15) is 18.3 Å². The van der Waals surface area contributed by atoms with Crippen molar-refractivity contribution < 1.29 is 18.0 Å². The highest BCUT2D eigenvalue weighted by molar-refractivity contribution is 5.91. The normalized spacial score (nSPS) is 11.5. The van der Waals surface area contributed by atoms with Crippen LogP contribution in [-0.4, -0.2) is 42.6 Å². The summed E-state index contributed by atoms with van der Waals surface area (Å²) < 4.78 is 42.4. The standard InChI is InChI=1S/C21H17F3N6O/c1-28(12-15-11-25-29(13-15)16-7-3-2-4-8-16)20(31)18-14-30(27-26-18)19-10-6-5-9-17(19)21(22,23)24/h2-11,13-14H,12H2,1H3. The zero-order valence-corrected chi connectivity index (χ0v) is 16.4. The van der Waals surface area contributed by atoms with Crippen LogP contribution in [0.25, 0.3) is 11.4 Å². The molecule has 0 radical (unpaired) electrons. The summed E-state index contributed by atoms with van der Waals surface area (Å²) in [6.07, 6.45) is 0.0853. The molecule has 2 heterocycles. The number of benzene rings is 2. The zero-order valence-electron chi connectivity index (χ0n) is 16.4. The summed E-state index contributed by atoms with van der Waals surface area (Å²) in [5, 5.41) is 11.8. The second-order valence-corrected chi connectivity index (χ2v) is 6.85. The van der Waals surface area contributed by atoms with Gasteiger partial charge in [0.2, 0.25) is 0 Å². The van der Waals surface area contributed by atoms with Gasteiger partial charge in [0.25, 0.3) is 5.91 Å². The van der Waals surface area contributed by atoms with Crippen LogP contribution in [0.5, 0.6) is 0 Å². The molecule has 0 aliphatic heterocycles. The van der Waals surface area contributed by atoms with Crippen LogP contribution in [-0.2, 0) is 12.7 Å². The Morgan fingerprint density at radius 1 is 1.00 bits per heavy atom. The van der Waals surface area contributed by atoms with Crippen LogP contribution in [0, 0.1) is 0 Å². The van der Waals surface area contributed by atoms with Crippen LogP contribution in [0.4, 0.5) is 13.2 Å². The largest absolute Gasteiger partial charge is 0.418 e. The maximum atomic E-state index is 13.2. The average Bonchev–Trinajstić information content (AvgIpc) is 3.43. The Kier molecular flexibility index (Phi) is 5.28. The third kappa shape index (κ3) is 4.32. The van der Waals surface area contributed by atoms with E-state index in [1.807, 2.05) is 30.3 Å². The summed E-state index contributed by atoms with van der Waals surface area (Å²) in [7, 11) is 1.57. The van der Waals surface area contributed by atoms with Crippen molar-refractivity contribution in [3.05, 3.63) is 90.0 Å². The van der Waals surface area contributed by atoms with Crippen LogP contribution >= 0.6 is 0 Å². The minimum atomic E-state index is -4.55. The molecule has 4 aromatic rings. The first kappa shape index (κ1) is 20.3. The van der Waals surface area contributed by atoms with Gasteiger partial charge >= 0.3 is 6.18 Å². The van der Waals surface area contributed by atoms with E-state index in [0.29, 0.717) is 0 Å². The van der Waals surface area contributed by atoms with E-state index in [9.17, 15) is 18.0 Å². The topological polar surface area (TPSA) is 68.8 Å². The molecule has 1 amide bonds. The average molecular weight is 426 g/mol. The van der Waals surface area contributed by atoms with Crippen molar-refractivity contribution in [2.75, 3.05) is 7.05 Å². The van der Waals surface area contributed by atoms with Gasteiger partial charge in [-0.3, -0.25) is 4.79 Å². The van der Waals surface area contributed by atoms with Gasteiger partial charge in [0, 0.05) is 25.4 Å². The molecular formula is C21H17F3N6O. The molecule has 7 nitrogen and oxygen atoms in total. The fourth-order valence-electron chi connectivity index (χ4n) is 3.10. The van der Waals surface area contributed by atoms with Crippen molar-refractivity contribution in [3.63, 3.8) is 0 Å². The second kappa shape index (κ2) is 8.05. The van der Waals surface area contributed by atoms with Crippen LogP contribution in [0.2, 0.25) is 0 Å². The lowest BCUT2D eigenvalue weighted by Gasteiger charge is -2.14. The number of carbonyl (C=O) groups is 1. The van der Waals surface area contributed by atoms with Gasteiger partial charge in [0.1, 0.15) is 0 Å². The van der Waals surface area contributed by atoms with E-state index in [4.69, 9.17) is 0 Å². The fourth-order valence-corrected chi connectivity index (χ4v) is 3.10. The van der Waals surface area contributed by atoms with Crippen molar-refractivity contribution in [1.29, 1.82) is 0 Å². The molecule has 0 aliphatic carbocycles. The first-order chi connectivity index (χ1) is 14.8. The Bertz CT molecular complexity index is 1200. The summed E-state index contributed by atoms with van der Waals surface area (Å²) >= 11 is 0. The molecule has 0 saturated carbocycles. The number of amides is 1. The number of halogens is 3. The van der Waals surface area contributed by atoms with Crippen LogP contribution in [0.15, 0.2) is 73.2 Å². The van der Waals surface area contributed by atoms with E-state index >= 15 is 0 Å². The highest BCUT2D eigenvalue weighted by Crippen LogP contribution is 2.33. The minimum Gasteiger partial charge on any atom is -0.336 e. The van der Waals surface area contributed by atoms with Crippen molar-refractivity contribution in [1.82, 2.24) is 29.7 Å². The highest BCUT2D eigenvalue weighted by atomic mass is 19.4. The molecule has 31 heavy (non-hydrogen) atoms. The predicted octanol–water partition coefficient (Wildman–Crippen LogP) is 3.74. The van der Waals surface area contributed by atoms with Crippen LogP contribution < -0.4 is 0 Å². The molecule has 4 rings (SSSR count). The van der Waals surface area contributed by atoms with E-state index in [2.05, 4.69) is 15.4 Å². The summed E-state index contributed by atoms with van der Waals surface area (Å²) in [5.41, 5.74) is 0.548. The number of nitrogens with zero attached hydrogens (tertiary/aromatic N) is 6. The van der Waals surface area contributed by atoms with E-state index < -0.39 is 17.6 Å². The smallest absolute Gasteiger partial charge is 0.336 e. The van der Waals surface area contributed by atoms with Gasteiger partial charge in [-0.15, -0.1) is 5.10 Å². The van der Waals surface area contributed by atoms with Gasteiger partial charge < -0.3 is 4.90 Å². The number of carbonyl (C=O) groups excluding carboxylic acids is 1. The molecule has 0 N–H and O–H groups in total. The van der Waals surface area contributed by atoms with Crippen molar-refractivity contribution in [2.45, 2.75) is 12.7 Å². The molecule has 158 valence electrons. The highest BCUT2D eigenvalue weighted by Gasteiger charge is 2.34. The van der Waals surface area contributed by atoms with Gasteiger partial charge in [0.15, 0.2) is 5.69 Å². The van der Waals surface area contributed by atoms with E-state index in [0.717, 1.165) is 22.0 Å². The van der Waals surface area contributed by atoms with E-state index in [1.54, 1.807) is 24.1 Å². The van der Waals surface area contributed by atoms with Crippen LogP contribution in [0.3, 0.4) is 0 Å². The summed E-state index contributed by atoms with van der Waals surface area (Å²) in [6, 6.07) is 14.5. The minimum absolute atomic E-state index is 0.0603. The molecule has 0 fully saturated rings. The quantitative estimate of drug-likeness (QED) is 0.488. The van der Waals surface area contributed by atoms with Crippen molar-refractivity contribution in [3.8, 4) is 11.4 Å². The lowest BCUT2D eigenvalue weighted by atomic mass is 10.1. The third-order valence-corrected chi connectivity index (χ3v) is 4.59. The molecule has 0 saturated heterocycles. The molecule has 0 aliphatic rings. The van der Waals surface area contributed by atoms with Gasteiger partial charge in [0.05, 0.1) is 29.3 Å². The summed E-state index contributed by atoms with van der Waals surface area (Å²) in [6.45, 7) is 0.248. The predicted molar refractivity (Wildman–Crippen MR) is 106 cm³/mol. The molecule has 0 unspecified atom stereocenters. The lowest BCUT2D eigenvalue weighted by molar-refractivity contribution is -0.137. The number of rotatable bonds is 5. The molecule has 0 spiro atoms. The molecule has 10 heteroatoms. The Labute approximate surface area is 175 Å². The maximum Gasteiger partial charge on any atom is 0.418 e. The Morgan fingerprint density at radius 2 is 1.71 bits per heavy atom. The SMILES string of the molecule is CN(Cc1cnn(-c2ccccc2)c1)C(=O)c1cn(-c2ccccc2C(F)(F)F)nn1. The Balaban J connectivity index is 1.50. The molecule has 2 aromatic heterocycles. The summed E-state index contributed by atoms with van der Waals surface area (Å²) in [4.78, 5) is 14.1. The first-order valence-electron chi connectivity index (χ1n) is 9.26. The summed E-state index contributed by atoms with van der Waals surface area (Å²) in [5.74, 6) is -0.469. The van der Waals surface area contributed by atoms with Crippen LogP contribution in [0.1, 0.15) is 21.6 Å². The number of alkyl halides is 3. The van der Waals surface area contributed by atoms with E-state index in [-0.39, 0.29) is 17.9 Å². The monoisotopic (exact) mass is 426 g/mol. The Hall–Kier alpha value is -3.95. The fraction of sp³-hybridized carbons (Fsp3) is 0.143. The molecule has 2 aromatic carbocycles. The number of aromatic nitrogens is 5. The zero-order chi connectivity index (χ0) is 22.0. The second-order valence-electron chi connectivity index (χ2n) is 6.85. The third-order valence-electron chi connectivity index (χ3n) is 4.59. The first-order valence-corrected chi connectivity index (χ1v) is 9.26. The number of para-hydroxylation sites is 2. The molecular weight excluding hydrogens is 409 g/mol. The maximum absolute atomic E-state index is 13.2. The van der Waals surface area contributed by atoms with Gasteiger partial charge in [-0.1, -0.05) is 35.5 Å². The van der Waals surface area contributed by atoms with E-state index in [1.165, 1.54) is 29.3 Å². The number of hydrogen-bond acceptors (Lipinski definition) is 4. The van der Waals surface area contributed by atoms with Crippen molar-refractivity contribution >= 4 is 5.91 Å². The van der Waals surface area contributed by atoms with Gasteiger partial charge in [-0.25, -0.2) is 9.36 Å². The van der Waals surface area contributed by atoms with Gasteiger partial charge in [-0.05, 0) is 24.3 Å². The lowest BCUT2D eigenvalue weighted by Crippen LogP contribution is -2.26.